The molecule has 158 valence electrons. The Morgan fingerprint density at radius 1 is 1.10 bits per heavy atom. The Morgan fingerprint density at radius 3 is 2.67 bits per heavy atom. The van der Waals surface area contributed by atoms with Gasteiger partial charge in [-0.2, -0.15) is 4.31 Å². The minimum Gasteiger partial charge on any atom is -0.477 e. The normalized spacial score (nSPS) is 20.1. The summed E-state index contributed by atoms with van der Waals surface area (Å²) in [4.78, 5) is 20.3. The summed E-state index contributed by atoms with van der Waals surface area (Å²) in [6.07, 6.45) is 5.62. The maximum atomic E-state index is 13.0. The molecule has 1 aromatic carbocycles. The number of carbonyl (C=O) groups is 1. The van der Waals surface area contributed by atoms with Crippen LogP contribution in [0.2, 0.25) is 0 Å². The molecule has 5 rings (SSSR count). The second kappa shape index (κ2) is 7.63. The van der Waals surface area contributed by atoms with E-state index in [2.05, 4.69) is 15.3 Å². The van der Waals surface area contributed by atoms with Crippen molar-refractivity contribution < 1.29 is 17.9 Å². The largest absolute Gasteiger partial charge is 0.477 e. The van der Waals surface area contributed by atoms with Crippen LogP contribution in [0.15, 0.2) is 35.5 Å². The molecule has 1 aromatic heterocycles. The quantitative estimate of drug-likeness (QED) is 0.758. The van der Waals surface area contributed by atoms with Crippen LogP contribution in [0.25, 0.3) is 0 Å². The van der Waals surface area contributed by atoms with Crippen molar-refractivity contribution in [2.45, 2.75) is 42.9 Å². The van der Waals surface area contributed by atoms with Gasteiger partial charge in [-0.15, -0.1) is 0 Å². The third kappa shape index (κ3) is 3.91. The maximum absolute atomic E-state index is 13.0. The van der Waals surface area contributed by atoms with Crippen molar-refractivity contribution in [3.05, 3.63) is 41.9 Å². The van der Waals surface area contributed by atoms with E-state index in [-0.39, 0.29) is 23.1 Å². The molecule has 8 nitrogen and oxygen atoms in total. The van der Waals surface area contributed by atoms with Gasteiger partial charge in [0.15, 0.2) is 0 Å². The summed E-state index contributed by atoms with van der Waals surface area (Å²) < 4.78 is 33.5. The van der Waals surface area contributed by atoms with Gasteiger partial charge in [0, 0.05) is 30.8 Å². The molecule has 1 saturated heterocycles. The topological polar surface area (TPSA) is 101 Å². The van der Waals surface area contributed by atoms with Crippen LogP contribution < -0.4 is 10.1 Å². The number of ether oxygens (including phenoxy) is 1. The number of amides is 1. The SMILES string of the molecule is O=C1Cc2cc(S(=O)(=O)N3CCC(COc4cc(C5CC5)ncn4)CC3)ccc2N1. The molecule has 30 heavy (non-hydrogen) atoms. The molecule has 0 spiro atoms. The average Bonchev–Trinajstić information content (AvgIpc) is 3.53. The van der Waals surface area contributed by atoms with Crippen LogP contribution in [0.1, 0.15) is 42.9 Å². The minimum atomic E-state index is -3.57. The Balaban J connectivity index is 1.18. The van der Waals surface area contributed by atoms with Crippen molar-refractivity contribution in [1.82, 2.24) is 14.3 Å². The molecule has 1 amide bonds. The molecular weight excluding hydrogens is 404 g/mol. The Bertz CT molecular complexity index is 1080. The number of sulfonamides is 1. The fourth-order valence-electron chi connectivity index (χ4n) is 4.07. The maximum Gasteiger partial charge on any atom is 0.243 e. The lowest BCUT2D eigenvalue weighted by molar-refractivity contribution is -0.115. The van der Waals surface area contributed by atoms with Crippen molar-refractivity contribution in [2.24, 2.45) is 5.92 Å². The first kappa shape index (κ1) is 19.4. The Hall–Kier alpha value is -2.52. The van der Waals surface area contributed by atoms with Gasteiger partial charge < -0.3 is 10.1 Å². The van der Waals surface area contributed by atoms with E-state index < -0.39 is 10.0 Å². The molecule has 0 atom stereocenters. The lowest BCUT2D eigenvalue weighted by atomic mass is 9.99. The standard InChI is InChI=1S/C21H24N4O4S/c26-20-10-16-9-17(3-4-18(16)24-20)30(27,28)25-7-5-14(6-8-25)12-29-21-11-19(15-1-2-15)22-13-23-21/h3-4,9,11,13-15H,1-2,5-8,10,12H2,(H,24,26). The smallest absolute Gasteiger partial charge is 0.243 e. The summed E-state index contributed by atoms with van der Waals surface area (Å²) in [6.45, 7) is 1.45. The molecule has 0 bridgehead atoms. The minimum absolute atomic E-state index is 0.103. The third-order valence-electron chi connectivity index (χ3n) is 6.04. The first-order valence-corrected chi connectivity index (χ1v) is 11.8. The number of aromatic nitrogens is 2. The zero-order valence-corrected chi connectivity index (χ0v) is 17.4. The van der Waals surface area contributed by atoms with Crippen LogP contribution in [0.3, 0.4) is 0 Å². The summed E-state index contributed by atoms with van der Waals surface area (Å²) in [7, 11) is -3.57. The van der Waals surface area contributed by atoms with Crippen molar-refractivity contribution in [2.75, 3.05) is 25.0 Å². The summed E-state index contributed by atoms with van der Waals surface area (Å²) >= 11 is 0. The zero-order valence-electron chi connectivity index (χ0n) is 16.6. The first-order chi connectivity index (χ1) is 14.5. The number of carbonyl (C=O) groups excluding carboxylic acids is 1. The highest BCUT2D eigenvalue weighted by Gasteiger charge is 2.31. The number of hydrogen-bond acceptors (Lipinski definition) is 6. The van der Waals surface area contributed by atoms with E-state index in [4.69, 9.17) is 4.74 Å². The van der Waals surface area contributed by atoms with Crippen molar-refractivity contribution in [3.8, 4) is 5.88 Å². The van der Waals surface area contributed by atoms with Gasteiger partial charge in [0.1, 0.15) is 6.33 Å². The van der Waals surface area contributed by atoms with Crippen LogP contribution in [-0.2, 0) is 21.2 Å². The second-order valence-electron chi connectivity index (χ2n) is 8.26. The molecule has 3 aliphatic rings. The summed E-state index contributed by atoms with van der Waals surface area (Å²) in [5.74, 6) is 1.34. The monoisotopic (exact) mass is 428 g/mol. The molecular formula is C21H24N4O4S. The van der Waals surface area contributed by atoms with Gasteiger partial charge in [0.25, 0.3) is 0 Å². The molecule has 0 unspecified atom stereocenters. The molecule has 1 saturated carbocycles. The molecule has 9 heteroatoms. The van der Waals surface area contributed by atoms with E-state index in [1.807, 2.05) is 6.07 Å². The number of fused-ring (bicyclic) bond motifs is 1. The van der Waals surface area contributed by atoms with E-state index in [0.29, 0.717) is 37.2 Å². The van der Waals surface area contributed by atoms with Crippen LogP contribution in [0, 0.1) is 5.92 Å². The van der Waals surface area contributed by atoms with Crippen LogP contribution in [0.4, 0.5) is 5.69 Å². The van der Waals surface area contributed by atoms with Crippen LogP contribution in [-0.4, -0.2) is 48.3 Å². The number of hydrogen-bond donors (Lipinski definition) is 1. The van der Waals surface area contributed by atoms with Crippen molar-refractivity contribution >= 4 is 21.6 Å². The molecule has 3 heterocycles. The van der Waals surface area contributed by atoms with Gasteiger partial charge in [-0.1, -0.05) is 0 Å². The van der Waals surface area contributed by atoms with Crippen LogP contribution >= 0.6 is 0 Å². The predicted molar refractivity (Wildman–Crippen MR) is 110 cm³/mol. The fraction of sp³-hybridized carbons (Fsp3) is 0.476. The second-order valence-corrected chi connectivity index (χ2v) is 10.2. The third-order valence-corrected chi connectivity index (χ3v) is 7.93. The van der Waals surface area contributed by atoms with E-state index in [0.717, 1.165) is 24.1 Å². The predicted octanol–water partition coefficient (Wildman–Crippen LogP) is 2.33. The van der Waals surface area contributed by atoms with E-state index >= 15 is 0 Å². The van der Waals surface area contributed by atoms with E-state index in [1.54, 1.807) is 24.5 Å². The number of rotatable bonds is 6. The lowest BCUT2D eigenvalue weighted by Gasteiger charge is -2.31. The molecule has 0 radical (unpaired) electrons. The van der Waals surface area contributed by atoms with Crippen LogP contribution in [0.5, 0.6) is 5.88 Å². The first-order valence-electron chi connectivity index (χ1n) is 10.4. The van der Waals surface area contributed by atoms with E-state index in [1.165, 1.54) is 17.1 Å². The van der Waals surface area contributed by atoms with Crippen molar-refractivity contribution in [3.63, 3.8) is 0 Å². The number of nitrogens with one attached hydrogen (secondary N) is 1. The van der Waals surface area contributed by atoms with E-state index in [9.17, 15) is 13.2 Å². The number of benzene rings is 1. The van der Waals surface area contributed by atoms with Gasteiger partial charge in [0.2, 0.25) is 21.8 Å². The van der Waals surface area contributed by atoms with Gasteiger partial charge in [-0.25, -0.2) is 18.4 Å². The molecule has 2 fully saturated rings. The molecule has 1 aliphatic carbocycles. The average molecular weight is 429 g/mol. The lowest BCUT2D eigenvalue weighted by Crippen LogP contribution is -2.39. The molecule has 1 N–H and O–H groups in total. The highest BCUT2D eigenvalue weighted by Crippen LogP contribution is 2.39. The molecule has 2 aromatic rings. The zero-order chi connectivity index (χ0) is 20.7. The van der Waals surface area contributed by atoms with Gasteiger partial charge in [0.05, 0.1) is 23.6 Å². The summed E-state index contributed by atoms with van der Waals surface area (Å²) in [5.41, 5.74) is 2.48. The number of piperidine rings is 1. The number of nitrogens with zero attached hydrogens (tertiary/aromatic N) is 3. The van der Waals surface area contributed by atoms with Gasteiger partial charge in [-0.3, -0.25) is 4.79 Å². The summed E-state index contributed by atoms with van der Waals surface area (Å²) in [5, 5.41) is 2.73. The Kier molecular flexibility index (Phi) is 4.94. The Morgan fingerprint density at radius 2 is 1.90 bits per heavy atom. The highest BCUT2D eigenvalue weighted by atomic mass is 32.2. The number of anilines is 1. The van der Waals surface area contributed by atoms with Crippen molar-refractivity contribution in [1.29, 1.82) is 0 Å². The van der Waals surface area contributed by atoms with Gasteiger partial charge in [-0.05, 0) is 55.4 Å². The molecule has 2 aliphatic heterocycles. The summed E-state index contributed by atoms with van der Waals surface area (Å²) in [6, 6.07) is 6.78. The fourth-order valence-corrected chi connectivity index (χ4v) is 5.59. The highest BCUT2D eigenvalue weighted by molar-refractivity contribution is 7.89. The Labute approximate surface area is 175 Å². The van der Waals surface area contributed by atoms with Gasteiger partial charge >= 0.3 is 0 Å².